The van der Waals surface area contributed by atoms with E-state index in [1.165, 1.54) is 0 Å². The summed E-state index contributed by atoms with van der Waals surface area (Å²) in [5.74, 6) is 0. The van der Waals surface area contributed by atoms with Gasteiger partial charge in [-0.1, -0.05) is 0 Å². The van der Waals surface area contributed by atoms with Gasteiger partial charge in [0.25, 0.3) is 0 Å². The van der Waals surface area contributed by atoms with E-state index < -0.39 is 0 Å². The highest BCUT2D eigenvalue weighted by Crippen LogP contribution is 2.28. The second kappa shape index (κ2) is 3.46. The van der Waals surface area contributed by atoms with Crippen molar-refractivity contribution >= 4 is 11.4 Å². The first kappa shape index (κ1) is 9.27. The minimum Gasteiger partial charge on any atom is -0.382 e. The van der Waals surface area contributed by atoms with Crippen molar-refractivity contribution in [2.75, 3.05) is 30.9 Å². The van der Waals surface area contributed by atoms with Crippen LogP contribution in [0.5, 0.6) is 0 Å². The lowest BCUT2D eigenvalue weighted by Gasteiger charge is -2.36. The molecule has 0 bridgehead atoms. The number of nitrogens with zero attached hydrogens (tertiary/aromatic N) is 1. The van der Waals surface area contributed by atoms with Crippen molar-refractivity contribution in [3.8, 4) is 0 Å². The van der Waals surface area contributed by atoms with Crippen LogP contribution in [0.3, 0.4) is 0 Å². The molecule has 2 heterocycles. The minimum absolute atomic E-state index is 0.0508. The number of pyridine rings is 1. The Morgan fingerprint density at radius 3 is 3.21 bits per heavy atom. The molecule has 0 aliphatic carbocycles. The first-order chi connectivity index (χ1) is 6.73. The van der Waals surface area contributed by atoms with Crippen molar-refractivity contribution in [1.29, 1.82) is 0 Å². The number of hydrogen-bond donors (Lipinski definition) is 2. The Morgan fingerprint density at radius 1 is 1.57 bits per heavy atom. The van der Waals surface area contributed by atoms with Crippen molar-refractivity contribution in [3.05, 3.63) is 18.5 Å². The smallest absolute Gasteiger partial charge is 0.0767 e. The monoisotopic (exact) mass is 193 g/mol. The third kappa shape index (κ3) is 1.65. The molecule has 4 heteroatoms. The van der Waals surface area contributed by atoms with E-state index >= 15 is 0 Å². The number of aromatic nitrogens is 1. The van der Waals surface area contributed by atoms with Crippen LogP contribution in [0.1, 0.15) is 6.92 Å². The van der Waals surface area contributed by atoms with E-state index in [-0.39, 0.29) is 5.54 Å². The molecule has 0 saturated carbocycles. The fourth-order valence-corrected chi connectivity index (χ4v) is 1.71. The van der Waals surface area contributed by atoms with Gasteiger partial charge in [0.1, 0.15) is 0 Å². The molecule has 0 saturated heterocycles. The molecule has 2 N–H and O–H groups in total. The van der Waals surface area contributed by atoms with E-state index in [4.69, 9.17) is 4.74 Å². The lowest BCUT2D eigenvalue weighted by molar-refractivity contribution is 0.154. The zero-order valence-corrected chi connectivity index (χ0v) is 8.50. The zero-order chi connectivity index (χ0) is 10.0. The first-order valence-electron chi connectivity index (χ1n) is 4.68. The number of ether oxygens (including phenoxy) is 1. The van der Waals surface area contributed by atoms with E-state index in [0.717, 1.165) is 17.9 Å². The van der Waals surface area contributed by atoms with Crippen molar-refractivity contribution < 1.29 is 4.74 Å². The lowest BCUT2D eigenvalue weighted by Crippen LogP contribution is -2.48. The van der Waals surface area contributed by atoms with Crippen LogP contribution >= 0.6 is 0 Å². The van der Waals surface area contributed by atoms with Crippen LogP contribution < -0.4 is 10.6 Å². The highest BCUT2D eigenvalue weighted by molar-refractivity contribution is 5.70. The van der Waals surface area contributed by atoms with Gasteiger partial charge in [0.15, 0.2) is 0 Å². The average Bonchev–Trinajstić information content (AvgIpc) is 2.17. The van der Waals surface area contributed by atoms with Crippen molar-refractivity contribution in [1.82, 2.24) is 4.98 Å². The fraction of sp³-hybridized carbons (Fsp3) is 0.500. The third-order valence-electron chi connectivity index (χ3n) is 2.39. The molecule has 1 aromatic rings. The number of rotatable bonds is 2. The van der Waals surface area contributed by atoms with Crippen LogP contribution in [-0.4, -0.2) is 30.8 Å². The normalized spacial score (nSPS) is 24.7. The van der Waals surface area contributed by atoms with Crippen LogP contribution in [0, 0.1) is 0 Å². The van der Waals surface area contributed by atoms with Crippen LogP contribution in [0.15, 0.2) is 18.5 Å². The maximum Gasteiger partial charge on any atom is 0.0767 e. The maximum absolute atomic E-state index is 5.18. The van der Waals surface area contributed by atoms with Crippen LogP contribution in [-0.2, 0) is 4.74 Å². The minimum atomic E-state index is -0.0508. The van der Waals surface area contributed by atoms with E-state index in [2.05, 4.69) is 22.5 Å². The number of nitrogens with one attached hydrogen (secondary N) is 2. The SMILES string of the molecule is COCC1(C)CNc2ccncc2N1. The molecule has 14 heavy (non-hydrogen) atoms. The van der Waals surface area contributed by atoms with Crippen LogP contribution in [0.4, 0.5) is 11.4 Å². The molecule has 0 spiro atoms. The molecule has 1 aliphatic rings. The summed E-state index contributed by atoms with van der Waals surface area (Å²) < 4.78 is 5.18. The standard InChI is InChI=1S/C10H15N3O/c1-10(7-14-2)6-12-8-3-4-11-5-9(8)13-10/h3-5,12-13H,6-7H2,1-2H3. The summed E-state index contributed by atoms with van der Waals surface area (Å²) in [6, 6.07) is 1.97. The van der Waals surface area contributed by atoms with E-state index in [9.17, 15) is 0 Å². The van der Waals surface area contributed by atoms with E-state index in [1.807, 2.05) is 12.3 Å². The third-order valence-corrected chi connectivity index (χ3v) is 2.39. The second-order valence-corrected chi connectivity index (χ2v) is 3.89. The topological polar surface area (TPSA) is 46.2 Å². The van der Waals surface area contributed by atoms with Gasteiger partial charge in [-0.3, -0.25) is 4.98 Å². The molecule has 0 aromatic carbocycles. The van der Waals surface area contributed by atoms with E-state index in [0.29, 0.717) is 6.61 Å². The Morgan fingerprint density at radius 2 is 2.43 bits per heavy atom. The van der Waals surface area contributed by atoms with Gasteiger partial charge in [-0.15, -0.1) is 0 Å². The quantitative estimate of drug-likeness (QED) is 0.743. The predicted molar refractivity (Wildman–Crippen MR) is 56.6 cm³/mol. The molecule has 1 unspecified atom stereocenters. The number of fused-ring (bicyclic) bond motifs is 1. The summed E-state index contributed by atoms with van der Waals surface area (Å²) in [7, 11) is 1.71. The molecule has 2 rings (SSSR count). The Bertz CT molecular complexity index is 329. The zero-order valence-electron chi connectivity index (χ0n) is 8.50. The Kier molecular flexibility index (Phi) is 2.29. The molecule has 1 atom stereocenters. The molecular weight excluding hydrogens is 178 g/mol. The van der Waals surface area contributed by atoms with Gasteiger partial charge >= 0.3 is 0 Å². The Labute approximate surface area is 83.7 Å². The second-order valence-electron chi connectivity index (χ2n) is 3.89. The summed E-state index contributed by atoms with van der Waals surface area (Å²) in [4.78, 5) is 4.08. The van der Waals surface area contributed by atoms with Gasteiger partial charge in [-0.25, -0.2) is 0 Å². The Balaban J connectivity index is 2.20. The molecular formula is C10H15N3O. The fourth-order valence-electron chi connectivity index (χ4n) is 1.71. The van der Waals surface area contributed by atoms with Gasteiger partial charge in [0.05, 0.1) is 29.7 Å². The highest BCUT2D eigenvalue weighted by atomic mass is 16.5. The van der Waals surface area contributed by atoms with Crippen LogP contribution in [0.25, 0.3) is 0 Å². The summed E-state index contributed by atoms with van der Waals surface area (Å²) in [6.45, 7) is 3.66. The summed E-state index contributed by atoms with van der Waals surface area (Å²) >= 11 is 0. The first-order valence-corrected chi connectivity index (χ1v) is 4.68. The van der Waals surface area contributed by atoms with Gasteiger partial charge in [0.2, 0.25) is 0 Å². The molecule has 1 aromatic heterocycles. The van der Waals surface area contributed by atoms with E-state index in [1.54, 1.807) is 13.3 Å². The van der Waals surface area contributed by atoms with Gasteiger partial charge in [-0.2, -0.15) is 0 Å². The summed E-state index contributed by atoms with van der Waals surface area (Å²) in [5, 5.41) is 6.78. The highest BCUT2D eigenvalue weighted by Gasteiger charge is 2.28. The number of hydrogen-bond acceptors (Lipinski definition) is 4. The van der Waals surface area contributed by atoms with Crippen molar-refractivity contribution in [2.24, 2.45) is 0 Å². The molecule has 0 radical (unpaired) electrons. The molecule has 1 aliphatic heterocycles. The average molecular weight is 193 g/mol. The largest absolute Gasteiger partial charge is 0.382 e. The summed E-state index contributed by atoms with van der Waals surface area (Å²) in [5.41, 5.74) is 2.09. The summed E-state index contributed by atoms with van der Waals surface area (Å²) in [6.07, 6.45) is 3.61. The number of methoxy groups -OCH3 is 1. The van der Waals surface area contributed by atoms with Crippen molar-refractivity contribution in [3.63, 3.8) is 0 Å². The number of anilines is 2. The molecule has 76 valence electrons. The predicted octanol–water partition coefficient (Wildman–Crippen LogP) is 1.32. The van der Waals surface area contributed by atoms with Crippen LogP contribution in [0.2, 0.25) is 0 Å². The van der Waals surface area contributed by atoms with Crippen molar-refractivity contribution in [2.45, 2.75) is 12.5 Å². The molecule has 4 nitrogen and oxygen atoms in total. The lowest BCUT2D eigenvalue weighted by atomic mass is 10.0. The van der Waals surface area contributed by atoms with Gasteiger partial charge in [-0.05, 0) is 13.0 Å². The maximum atomic E-state index is 5.18. The molecule has 0 fully saturated rings. The van der Waals surface area contributed by atoms with Gasteiger partial charge < -0.3 is 15.4 Å². The Hall–Kier alpha value is -1.29. The molecule has 0 amide bonds. The van der Waals surface area contributed by atoms with Gasteiger partial charge in [0, 0.05) is 19.9 Å².